The molecule has 8 amide bonds. The first kappa shape index (κ1) is 54.1. The van der Waals surface area contributed by atoms with Crippen LogP contribution in [0.4, 0.5) is 0 Å². The second-order valence-corrected chi connectivity index (χ2v) is 19.4. The summed E-state index contributed by atoms with van der Waals surface area (Å²) in [5.74, 6) is -6.21. The molecule has 4 aromatic carbocycles. The number of ketones is 1. The van der Waals surface area contributed by atoms with Crippen molar-refractivity contribution in [2.24, 2.45) is 11.5 Å². The van der Waals surface area contributed by atoms with Crippen LogP contribution in [0.5, 0.6) is 0 Å². The van der Waals surface area contributed by atoms with Gasteiger partial charge in [-0.25, -0.2) is 0 Å². The van der Waals surface area contributed by atoms with Crippen molar-refractivity contribution in [1.82, 2.24) is 37.2 Å². The van der Waals surface area contributed by atoms with E-state index >= 15 is 0 Å². The van der Waals surface area contributed by atoms with Gasteiger partial charge in [-0.1, -0.05) is 97.1 Å². The van der Waals surface area contributed by atoms with Crippen LogP contribution in [0.2, 0.25) is 0 Å². The molecule has 4 unspecified atom stereocenters. The number of carbonyl (C=O) groups excluding carboxylic acids is 9. The number of hydrogen-bond acceptors (Lipinski definition) is 10. The Balaban J connectivity index is 1.61. The van der Waals surface area contributed by atoms with E-state index in [-0.39, 0.29) is 18.6 Å². The number of carbonyl (C=O) groups is 9. The molecule has 4 rings (SSSR count). The van der Waals surface area contributed by atoms with Gasteiger partial charge < -0.3 is 48.7 Å². The molecule has 11 N–H and O–H groups in total. The minimum atomic E-state index is -1.76. The van der Waals surface area contributed by atoms with Gasteiger partial charge in [-0.15, -0.1) is 0 Å². The lowest BCUT2D eigenvalue weighted by molar-refractivity contribution is -0.139. The smallest absolute Gasteiger partial charge is 0.245 e. The lowest BCUT2D eigenvalue weighted by Gasteiger charge is -2.33. The number of hydrogen-bond donors (Lipinski definition) is 9. The average molecular weight is 948 g/mol. The lowest BCUT2D eigenvalue weighted by atomic mass is 9.96. The monoisotopic (exact) mass is 947 g/mol. The summed E-state index contributed by atoms with van der Waals surface area (Å²) in [5.41, 5.74) is 6.97. The standard InChI is InChI=1S/C51H65N9O9/c1-29(40(52)62)54-45(67)49(5,6)59-42(64)37(27-31-20-24-35(25-21-31)39(61)34-17-12-11-13-18-34)56-47(69)51(9,10)60-43(65)38(28-32-22-23-33-16-14-15-19-36(33)26-32)57-46(68)50(7,8)58-41(63)30(2)55-44(66)48(3,4)53/h11-26,29-30,37-38H,27-28,53H2,1-10H3,(H2,52,62)(H,54,67)(H,55,66)(H,56,69)(H,57,68)(H,58,63)(H,59,64)(H,60,65). The molecule has 4 aromatic rings. The number of nitrogens with two attached hydrogens (primary N) is 2. The van der Waals surface area contributed by atoms with Gasteiger partial charge in [0.05, 0.1) is 5.54 Å². The van der Waals surface area contributed by atoms with Gasteiger partial charge in [0, 0.05) is 24.0 Å². The largest absolute Gasteiger partial charge is 0.368 e. The molecule has 18 heteroatoms. The topological polar surface area (TPSA) is 290 Å². The molecule has 368 valence electrons. The van der Waals surface area contributed by atoms with Crippen LogP contribution in [0.15, 0.2) is 97.1 Å². The zero-order chi connectivity index (χ0) is 51.6. The summed E-state index contributed by atoms with van der Waals surface area (Å²) in [7, 11) is 0. The highest BCUT2D eigenvalue weighted by molar-refractivity contribution is 6.09. The van der Waals surface area contributed by atoms with E-state index in [1.807, 2.05) is 36.4 Å². The first-order chi connectivity index (χ1) is 32.0. The van der Waals surface area contributed by atoms with Crippen molar-refractivity contribution in [2.45, 2.75) is 128 Å². The Morgan fingerprint density at radius 3 is 1.36 bits per heavy atom. The van der Waals surface area contributed by atoms with Crippen LogP contribution in [0.1, 0.15) is 96.3 Å². The van der Waals surface area contributed by atoms with E-state index in [1.54, 1.807) is 60.7 Å². The maximum Gasteiger partial charge on any atom is 0.245 e. The van der Waals surface area contributed by atoms with Gasteiger partial charge in [-0.2, -0.15) is 0 Å². The molecule has 0 bridgehead atoms. The fourth-order valence-electron chi connectivity index (χ4n) is 6.75. The first-order valence-electron chi connectivity index (χ1n) is 22.4. The number of nitrogens with one attached hydrogen (secondary N) is 7. The number of fused-ring (bicyclic) bond motifs is 1. The SMILES string of the molecule is CC(NC(=O)C(C)(C)NC(=O)C(Cc1ccc(C(=O)c2ccccc2)cc1)NC(=O)C(C)(C)NC(=O)C(Cc1ccc2ccccc2c1)NC(=O)C(C)(C)NC(=O)C(C)NC(=O)C(C)(C)N)C(N)=O. The Bertz CT molecular complexity index is 2590. The van der Waals surface area contributed by atoms with Crippen LogP contribution in [-0.2, 0) is 51.2 Å². The fourth-order valence-corrected chi connectivity index (χ4v) is 6.75. The number of amides is 8. The Labute approximate surface area is 402 Å². The maximum atomic E-state index is 14.4. The Morgan fingerprint density at radius 2 is 0.870 bits per heavy atom. The van der Waals surface area contributed by atoms with E-state index in [1.165, 1.54) is 69.2 Å². The number of primary amides is 1. The predicted molar refractivity (Wildman–Crippen MR) is 261 cm³/mol. The summed E-state index contributed by atoms with van der Waals surface area (Å²) >= 11 is 0. The van der Waals surface area contributed by atoms with Gasteiger partial charge in [-0.3, -0.25) is 43.2 Å². The van der Waals surface area contributed by atoms with Crippen molar-refractivity contribution in [3.05, 3.63) is 119 Å². The van der Waals surface area contributed by atoms with Crippen LogP contribution in [0.25, 0.3) is 10.8 Å². The molecule has 0 saturated carbocycles. The highest BCUT2D eigenvalue weighted by Gasteiger charge is 2.40. The van der Waals surface area contributed by atoms with Crippen molar-refractivity contribution in [2.75, 3.05) is 0 Å². The molecule has 18 nitrogen and oxygen atoms in total. The average Bonchev–Trinajstić information content (AvgIpc) is 3.27. The van der Waals surface area contributed by atoms with Crippen LogP contribution < -0.4 is 48.7 Å². The van der Waals surface area contributed by atoms with Crippen LogP contribution >= 0.6 is 0 Å². The Hall–Kier alpha value is -7.47. The fraction of sp³-hybridized carbons (Fsp3) is 0.392. The van der Waals surface area contributed by atoms with E-state index in [4.69, 9.17) is 11.5 Å². The van der Waals surface area contributed by atoms with E-state index in [2.05, 4.69) is 37.2 Å². The molecule has 0 heterocycles. The van der Waals surface area contributed by atoms with Crippen LogP contribution in [-0.4, -0.2) is 99.4 Å². The molecule has 69 heavy (non-hydrogen) atoms. The lowest BCUT2D eigenvalue weighted by Crippen LogP contribution is -2.65. The summed E-state index contributed by atoms with van der Waals surface area (Å²) in [4.78, 5) is 121. The quantitative estimate of drug-likeness (QED) is 0.0546. The van der Waals surface area contributed by atoms with Crippen molar-refractivity contribution in [1.29, 1.82) is 0 Å². The van der Waals surface area contributed by atoms with Gasteiger partial charge in [0.25, 0.3) is 0 Å². The van der Waals surface area contributed by atoms with Gasteiger partial charge in [0.2, 0.25) is 47.3 Å². The van der Waals surface area contributed by atoms with E-state index in [0.717, 1.165) is 10.8 Å². The first-order valence-corrected chi connectivity index (χ1v) is 22.4. The van der Waals surface area contributed by atoms with Crippen LogP contribution in [0.3, 0.4) is 0 Å². The van der Waals surface area contributed by atoms with Crippen molar-refractivity contribution in [3.63, 3.8) is 0 Å². The van der Waals surface area contributed by atoms with Gasteiger partial charge in [0.1, 0.15) is 40.8 Å². The highest BCUT2D eigenvalue weighted by atomic mass is 16.2. The molecular formula is C51H65N9O9. The second-order valence-electron chi connectivity index (χ2n) is 19.4. The third kappa shape index (κ3) is 15.0. The zero-order valence-electron chi connectivity index (χ0n) is 40.8. The highest BCUT2D eigenvalue weighted by Crippen LogP contribution is 2.19. The van der Waals surface area contributed by atoms with E-state index in [0.29, 0.717) is 22.3 Å². The molecule has 0 radical (unpaired) electrons. The van der Waals surface area contributed by atoms with Gasteiger partial charge in [-0.05, 0) is 91.1 Å². The van der Waals surface area contributed by atoms with Crippen LogP contribution in [0, 0.1) is 0 Å². The summed E-state index contributed by atoms with van der Waals surface area (Å²) in [6.07, 6.45) is -0.188. The van der Waals surface area contributed by atoms with Crippen molar-refractivity contribution >= 4 is 63.8 Å². The molecule has 0 aromatic heterocycles. The summed E-state index contributed by atoms with van der Waals surface area (Å²) in [6, 6.07) is 23.3. The molecule has 0 aliphatic carbocycles. The normalized spacial score (nSPS) is 13.6. The minimum absolute atomic E-state index is 0.0541. The third-order valence-corrected chi connectivity index (χ3v) is 11.3. The van der Waals surface area contributed by atoms with E-state index in [9.17, 15) is 43.2 Å². The molecular weight excluding hydrogens is 883 g/mol. The minimum Gasteiger partial charge on any atom is -0.368 e. The molecule has 0 spiro atoms. The van der Waals surface area contributed by atoms with Crippen molar-refractivity contribution in [3.8, 4) is 0 Å². The molecule has 0 fully saturated rings. The Kier molecular flexibility index (Phi) is 17.3. The number of rotatable bonds is 21. The summed E-state index contributed by atoms with van der Waals surface area (Å²) in [5, 5.41) is 20.2. The second kappa shape index (κ2) is 22.1. The van der Waals surface area contributed by atoms with Gasteiger partial charge >= 0.3 is 0 Å². The Morgan fingerprint density at radius 1 is 0.464 bits per heavy atom. The number of benzene rings is 4. The molecule has 0 saturated heterocycles. The summed E-state index contributed by atoms with van der Waals surface area (Å²) < 4.78 is 0. The molecule has 4 atom stereocenters. The molecule has 0 aliphatic heterocycles. The maximum absolute atomic E-state index is 14.4. The third-order valence-electron chi connectivity index (χ3n) is 11.3. The van der Waals surface area contributed by atoms with Crippen molar-refractivity contribution < 1.29 is 43.2 Å². The molecule has 0 aliphatic rings. The zero-order valence-corrected chi connectivity index (χ0v) is 40.8. The van der Waals surface area contributed by atoms with E-state index < -0.39 is 93.6 Å². The predicted octanol–water partition coefficient (Wildman–Crippen LogP) is 1.74. The summed E-state index contributed by atoms with van der Waals surface area (Å²) in [6.45, 7) is 14.2. The van der Waals surface area contributed by atoms with Gasteiger partial charge in [0.15, 0.2) is 5.78 Å².